The van der Waals surface area contributed by atoms with Crippen LogP contribution in [-0.4, -0.2) is 9.67 Å². The number of hydrogen-bond acceptors (Lipinski definition) is 0. The van der Waals surface area contributed by atoms with Gasteiger partial charge in [-0.2, -0.15) is 0 Å². The number of alkyl halides is 4. The highest BCUT2D eigenvalue weighted by Crippen LogP contribution is 2.16. The molecule has 0 saturated carbocycles. The van der Waals surface area contributed by atoms with Gasteiger partial charge in [-0.05, 0) is 6.07 Å². The van der Waals surface area contributed by atoms with Gasteiger partial charge in [-0.1, -0.05) is 30.3 Å². The van der Waals surface area contributed by atoms with E-state index >= 15 is 0 Å². The predicted octanol–water partition coefficient (Wildman–Crippen LogP) is 4.08. The lowest BCUT2D eigenvalue weighted by Crippen LogP contribution is -1.96. The van der Waals surface area contributed by atoms with Crippen LogP contribution in [0.2, 0.25) is 0 Å². The van der Waals surface area contributed by atoms with E-state index in [1.807, 2.05) is 30.3 Å². The summed E-state index contributed by atoms with van der Waals surface area (Å²) in [6.07, 6.45) is 0. The minimum Gasteiger partial charge on any atom is -0.102 e. The van der Waals surface area contributed by atoms with Crippen LogP contribution < -0.4 is 0 Å². The fourth-order valence-corrected chi connectivity index (χ4v) is 0.342. The lowest BCUT2D eigenvalue weighted by atomic mass is 10.4. The van der Waals surface area contributed by atoms with Crippen molar-refractivity contribution in [1.29, 1.82) is 0 Å². The third-order valence-corrected chi connectivity index (χ3v) is 2.32. The maximum absolute atomic E-state index is 5.11. The maximum atomic E-state index is 5.11. The van der Waals surface area contributed by atoms with Gasteiger partial charge in [0.25, 0.3) is 0 Å². The summed E-state index contributed by atoms with van der Waals surface area (Å²) in [4.78, 5) is -1.35. The first-order chi connectivity index (χ1) is 5.64. The quantitative estimate of drug-likeness (QED) is 0.654. The van der Waals surface area contributed by atoms with Crippen molar-refractivity contribution in [3.63, 3.8) is 0 Å². The van der Waals surface area contributed by atoms with Gasteiger partial charge >= 0.3 is 0 Å². The zero-order chi connectivity index (χ0) is 9.40. The van der Waals surface area contributed by atoms with Gasteiger partial charge in [-0.15, -0.1) is 46.4 Å². The smallest absolute Gasteiger partial charge is 0.102 e. The standard InChI is InChI=1S/C6H5.C2H2Cl4/c1-2-4-6-5-3-1;3-1(4)2(5)6/h1-5H;1-2H. The predicted molar refractivity (Wildman–Crippen MR) is 56.3 cm³/mol. The van der Waals surface area contributed by atoms with Gasteiger partial charge in [-0.25, -0.2) is 0 Å². The Bertz CT molecular complexity index is 141. The van der Waals surface area contributed by atoms with Crippen LogP contribution in [0.3, 0.4) is 0 Å². The summed E-state index contributed by atoms with van der Waals surface area (Å²) in [5.41, 5.74) is 0. The van der Waals surface area contributed by atoms with Crippen LogP contribution in [0.25, 0.3) is 0 Å². The molecule has 1 radical (unpaired) electrons. The van der Waals surface area contributed by atoms with Gasteiger partial charge in [0.1, 0.15) is 9.67 Å². The van der Waals surface area contributed by atoms with Crippen LogP contribution in [0.4, 0.5) is 0 Å². The van der Waals surface area contributed by atoms with Gasteiger partial charge in [-0.3, -0.25) is 0 Å². The molecule has 0 heterocycles. The van der Waals surface area contributed by atoms with Crippen LogP contribution in [0, 0.1) is 6.07 Å². The number of halogens is 4. The van der Waals surface area contributed by atoms with E-state index in [1.165, 1.54) is 0 Å². The highest BCUT2D eigenvalue weighted by atomic mass is 35.5. The monoisotopic (exact) mass is 243 g/mol. The SMILES string of the molecule is ClC(Cl)C(Cl)Cl.[c]1ccccc1. The van der Waals surface area contributed by atoms with E-state index in [2.05, 4.69) is 6.07 Å². The number of benzene rings is 1. The van der Waals surface area contributed by atoms with Crippen molar-refractivity contribution in [1.82, 2.24) is 0 Å². The van der Waals surface area contributed by atoms with E-state index in [4.69, 9.17) is 46.4 Å². The Labute approximate surface area is 92.4 Å². The summed E-state index contributed by atoms with van der Waals surface area (Å²) in [5.74, 6) is 0. The van der Waals surface area contributed by atoms with Crippen LogP contribution in [-0.2, 0) is 0 Å². The molecule has 0 N–H and O–H groups in total. The van der Waals surface area contributed by atoms with E-state index < -0.39 is 9.67 Å². The van der Waals surface area contributed by atoms with E-state index in [9.17, 15) is 0 Å². The van der Waals surface area contributed by atoms with Crippen molar-refractivity contribution in [3.05, 3.63) is 36.4 Å². The molecule has 1 aromatic rings. The second-order valence-electron chi connectivity index (χ2n) is 1.75. The molecule has 0 aromatic heterocycles. The van der Waals surface area contributed by atoms with E-state index in [-0.39, 0.29) is 0 Å². The highest BCUT2D eigenvalue weighted by molar-refractivity contribution is 6.56. The molecule has 0 saturated heterocycles. The molecular weight excluding hydrogens is 238 g/mol. The first-order valence-corrected chi connectivity index (χ1v) is 4.86. The van der Waals surface area contributed by atoms with Crippen molar-refractivity contribution in [2.24, 2.45) is 0 Å². The largest absolute Gasteiger partial charge is 0.137 e. The Kier molecular flexibility index (Phi) is 8.25. The molecule has 4 heteroatoms. The average molecular weight is 245 g/mol. The molecule has 12 heavy (non-hydrogen) atoms. The van der Waals surface area contributed by atoms with Crippen molar-refractivity contribution < 1.29 is 0 Å². The topological polar surface area (TPSA) is 0 Å². The molecular formula is C8H7Cl4. The lowest BCUT2D eigenvalue weighted by molar-refractivity contribution is 1.29. The normalized spacial score (nSPS) is 9.50. The molecule has 1 rings (SSSR count). The van der Waals surface area contributed by atoms with Gasteiger partial charge < -0.3 is 0 Å². The van der Waals surface area contributed by atoms with Crippen molar-refractivity contribution in [3.8, 4) is 0 Å². The minimum atomic E-state index is -0.673. The molecule has 0 bridgehead atoms. The van der Waals surface area contributed by atoms with Crippen LogP contribution in [0.15, 0.2) is 30.3 Å². The van der Waals surface area contributed by atoms with Crippen LogP contribution in [0.5, 0.6) is 0 Å². The van der Waals surface area contributed by atoms with E-state index in [1.54, 1.807) is 0 Å². The fraction of sp³-hybridized carbons (Fsp3) is 0.250. The summed E-state index contributed by atoms with van der Waals surface area (Å²) in [7, 11) is 0. The zero-order valence-electron chi connectivity index (χ0n) is 6.05. The van der Waals surface area contributed by atoms with Gasteiger partial charge in [0.15, 0.2) is 0 Å². The summed E-state index contributed by atoms with van der Waals surface area (Å²) >= 11 is 20.5. The van der Waals surface area contributed by atoms with E-state index in [0.717, 1.165) is 0 Å². The lowest BCUT2D eigenvalue weighted by Gasteiger charge is -1.95. The number of hydrogen-bond donors (Lipinski definition) is 0. The second-order valence-corrected chi connectivity index (χ2v) is 4.07. The number of rotatable bonds is 1. The Morgan fingerprint density at radius 2 is 1.17 bits per heavy atom. The molecule has 0 aliphatic carbocycles. The highest BCUT2D eigenvalue weighted by Gasteiger charge is 2.06. The van der Waals surface area contributed by atoms with Gasteiger partial charge in [0, 0.05) is 0 Å². The molecule has 0 spiro atoms. The first kappa shape index (κ1) is 12.4. The van der Waals surface area contributed by atoms with Crippen LogP contribution in [0.1, 0.15) is 0 Å². The summed E-state index contributed by atoms with van der Waals surface area (Å²) in [6.45, 7) is 0. The molecule has 0 aliphatic rings. The minimum absolute atomic E-state index is 0.673. The third-order valence-electron chi connectivity index (χ3n) is 0.798. The Morgan fingerprint density at radius 1 is 0.750 bits per heavy atom. The molecule has 67 valence electrons. The van der Waals surface area contributed by atoms with Crippen molar-refractivity contribution >= 4 is 46.4 Å². The zero-order valence-corrected chi connectivity index (χ0v) is 9.08. The fourth-order valence-electron chi connectivity index (χ4n) is 0.342. The Morgan fingerprint density at radius 3 is 1.25 bits per heavy atom. The van der Waals surface area contributed by atoms with Crippen LogP contribution >= 0.6 is 46.4 Å². The molecule has 0 unspecified atom stereocenters. The second kappa shape index (κ2) is 8.00. The van der Waals surface area contributed by atoms with Crippen molar-refractivity contribution in [2.45, 2.75) is 9.67 Å². The summed E-state index contributed by atoms with van der Waals surface area (Å²) in [5, 5.41) is 0. The average Bonchev–Trinajstić information content (AvgIpc) is 2.08. The third kappa shape index (κ3) is 8.48. The molecule has 0 nitrogen and oxygen atoms in total. The van der Waals surface area contributed by atoms with Gasteiger partial charge in [0.05, 0.1) is 0 Å². The summed E-state index contributed by atoms with van der Waals surface area (Å²) in [6, 6.07) is 12.5. The maximum Gasteiger partial charge on any atom is 0.137 e. The summed E-state index contributed by atoms with van der Waals surface area (Å²) < 4.78 is 0. The molecule has 0 amide bonds. The molecule has 0 fully saturated rings. The Hall–Kier alpha value is 0.380. The molecule has 0 aliphatic heterocycles. The Balaban J connectivity index is 0.000000202. The van der Waals surface area contributed by atoms with E-state index in [0.29, 0.717) is 0 Å². The van der Waals surface area contributed by atoms with Crippen molar-refractivity contribution in [2.75, 3.05) is 0 Å². The van der Waals surface area contributed by atoms with Gasteiger partial charge in [0.2, 0.25) is 0 Å². The molecule has 1 aromatic carbocycles. The molecule has 0 atom stereocenters. The first-order valence-electron chi connectivity index (χ1n) is 3.12.